The van der Waals surface area contributed by atoms with E-state index in [9.17, 15) is 33.3 Å². The van der Waals surface area contributed by atoms with E-state index in [1.165, 1.54) is 24.3 Å². The Labute approximate surface area is 175 Å². The molecule has 0 unspecified atom stereocenters. The number of esters is 2. The van der Waals surface area contributed by atoms with Gasteiger partial charge in [0.25, 0.3) is 11.6 Å². The molecule has 0 heterocycles. The van der Waals surface area contributed by atoms with Gasteiger partial charge in [-0.05, 0) is 23.8 Å². The smallest absolute Gasteiger partial charge is 0.329 e. The Balaban J connectivity index is 2.43. The Morgan fingerprint density at radius 2 is 1.68 bits per heavy atom. The van der Waals surface area contributed by atoms with E-state index in [1.54, 1.807) is 0 Å². The average molecular weight is 436 g/mol. The van der Waals surface area contributed by atoms with Crippen molar-refractivity contribution in [3.8, 4) is 0 Å². The van der Waals surface area contributed by atoms with Gasteiger partial charge < -0.3 is 14.8 Å². The van der Waals surface area contributed by atoms with Gasteiger partial charge in [0.05, 0.1) is 25.6 Å². The third kappa shape index (κ3) is 5.81. The van der Waals surface area contributed by atoms with Crippen LogP contribution in [0.5, 0.6) is 0 Å². The van der Waals surface area contributed by atoms with Crippen LogP contribution in [-0.4, -0.2) is 43.0 Å². The van der Waals surface area contributed by atoms with Crippen molar-refractivity contribution >= 4 is 23.5 Å². The summed E-state index contributed by atoms with van der Waals surface area (Å²) in [5, 5.41) is 13.2. The molecule has 0 saturated carbocycles. The maximum atomic E-state index is 13.5. The molecule has 0 spiro atoms. The SMILES string of the molecule is COC(=O)C[C@H](c1ccc([N+](=O)[O-])cc1)[C@H](NC(=O)c1ccc(F)c(F)c1)C(=O)OC. The van der Waals surface area contributed by atoms with Gasteiger partial charge in [-0.2, -0.15) is 0 Å². The molecule has 0 aromatic heterocycles. The highest BCUT2D eigenvalue weighted by Crippen LogP contribution is 2.27. The summed E-state index contributed by atoms with van der Waals surface area (Å²) in [5.41, 5.74) is -0.189. The van der Waals surface area contributed by atoms with Crippen LogP contribution in [0.25, 0.3) is 0 Å². The maximum Gasteiger partial charge on any atom is 0.329 e. The van der Waals surface area contributed by atoms with E-state index in [4.69, 9.17) is 4.74 Å². The first-order valence-electron chi connectivity index (χ1n) is 8.82. The van der Waals surface area contributed by atoms with Crippen molar-refractivity contribution in [3.63, 3.8) is 0 Å². The summed E-state index contributed by atoms with van der Waals surface area (Å²) in [6.45, 7) is 0. The molecule has 1 N–H and O–H groups in total. The molecule has 0 saturated heterocycles. The number of nitrogens with one attached hydrogen (secondary N) is 1. The molecule has 164 valence electrons. The number of nitro benzene ring substituents is 1. The number of hydrogen-bond acceptors (Lipinski definition) is 7. The van der Waals surface area contributed by atoms with E-state index in [2.05, 4.69) is 10.1 Å². The van der Waals surface area contributed by atoms with Gasteiger partial charge in [-0.1, -0.05) is 12.1 Å². The number of non-ortho nitro benzene ring substituents is 1. The molecule has 11 heteroatoms. The Bertz CT molecular complexity index is 996. The second-order valence-electron chi connectivity index (χ2n) is 6.34. The summed E-state index contributed by atoms with van der Waals surface area (Å²) < 4.78 is 36.0. The molecule has 2 rings (SSSR count). The van der Waals surface area contributed by atoms with Crippen molar-refractivity contribution in [2.24, 2.45) is 0 Å². The zero-order valence-electron chi connectivity index (χ0n) is 16.5. The van der Waals surface area contributed by atoms with Crippen LogP contribution in [0.3, 0.4) is 0 Å². The second-order valence-corrected chi connectivity index (χ2v) is 6.34. The minimum atomic E-state index is -1.44. The second kappa shape index (κ2) is 10.2. The van der Waals surface area contributed by atoms with Crippen molar-refractivity contribution in [3.05, 3.63) is 75.3 Å². The lowest BCUT2D eigenvalue weighted by Gasteiger charge is -2.26. The predicted molar refractivity (Wildman–Crippen MR) is 102 cm³/mol. The fourth-order valence-electron chi connectivity index (χ4n) is 2.85. The van der Waals surface area contributed by atoms with E-state index >= 15 is 0 Å². The summed E-state index contributed by atoms with van der Waals surface area (Å²) in [4.78, 5) is 47.2. The molecule has 9 nitrogen and oxygen atoms in total. The van der Waals surface area contributed by atoms with Crippen molar-refractivity contribution in [2.45, 2.75) is 18.4 Å². The van der Waals surface area contributed by atoms with Crippen molar-refractivity contribution in [1.29, 1.82) is 0 Å². The predicted octanol–water partition coefficient (Wildman–Crippen LogP) is 2.49. The number of nitro groups is 1. The molecule has 2 atom stereocenters. The van der Waals surface area contributed by atoms with Crippen LogP contribution in [0, 0.1) is 21.7 Å². The monoisotopic (exact) mass is 436 g/mol. The number of carbonyl (C=O) groups is 3. The quantitative estimate of drug-likeness (QED) is 0.383. The largest absolute Gasteiger partial charge is 0.469 e. The lowest BCUT2D eigenvalue weighted by atomic mass is 9.88. The summed E-state index contributed by atoms with van der Waals surface area (Å²) >= 11 is 0. The molecule has 0 fully saturated rings. The molecule has 31 heavy (non-hydrogen) atoms. The Kier molecular flexibility index (Phi) is 7.72. The van der Waals surface area contributed by atoms with E-state index < -0.39 is 46.4 Å². The van der Waals surface area contributed by atoms with E-state index in [-0.39, 0.29) is 17.7 Å². The van der Waals surface area contributed by atoms with Crippen molar-refractivity contribution < 1.29 is 37.6 Å². The maximum absolute atomic E-state index is 13.5. The Hall–Kier alpha value is -3.89. The first-order valence-corrected chi connectivity index (χ1v) is 8.82. The molecule has 0 aliphatic carbocycles. The van der Waals surface area contributed by atoms with Gasteiger partial charge in [0.1, 0.15) is 6.04 Å². The number of benzene rings is 2. The molecule has 0 aliphatic rings. The van der Waals surface area contributed by atoms with E-state index in [0.29, 0.717) is 11.6 Å². The van der Waals surface area contributed by atoms with Gasteiger partial charge in [-0.15, -0.1) is 0 Å². The number of methoxy groups -OCH3 is 2. The Morgan fingerprint density at radius 3 is 2.19 bits per heavy atom. The molecular weight excluding hydrogens is 418 g/mol. The third-order valence-electron chi connectivity index (χ3n) is 4.47. The lowest BCUT2D eigenvalue weighted by Crippen LogP contribution is -2.46. The zero-order chi connectivity index (χ0) is 23.1. The molecule has 0 aliphatic heterocycles. The van der Waals surface area contributed by atoms with Crippen LogP contribution in [0.2, 0.25) is 0 Å². The highest BCUT2D eigenvalue weighted by molar-refractivity contribution is 5.97. The fraction of sp³-hybridized carbons (Fsp3) is 0.250. The first kappa shape index (κ1) is 23.4. The molecule has 1 amide bonds. The number of amides is 1. The van der Waals surface area contributed by atoms with Crippen LogP contribution >= 0.6 is 0 Å². The normalized spacial score (nSPS) is 12.4. The first-order chi connectivity index (χ1) is 14.7. The van der Waals surface area contributed by atoms with Crippen LogP contribution in [0.1, 0.15) is 28.3 Å². The molecule has 2 aromatic carbocycles. The topological polar surface area (TPSA) is 125 Å². The zero-order valence-corrected chi connectivity index (χ0v) is 16.5. The van der Waals surface area contributed by atoms with Crippen LogP contribution < -0.4 is 5.32 Å². The van der Waals surface area contributed by atoms with Crippen molar-refractivity contribution in [2.75, 3.05) is 14.2 Å². The summed E-state index contributed by atoms with van der Waals surface area (Å²) in [6, 6.07) is 5.97. The molecule has 0 bridgehead atoms. The highest BCUT2D eigenvalue weighted by atomic mass is 19.2. The average Bonchev–Trinajstić information content (AvgIpc) is 2.77. The standard InChI is InChI=1S/C20H18F2N2O7/c1-30-17(25)10-14(11-3-6-13(7-4-11)24(28)29)18(20(27)31-2)23-19(26)12-5-8-15(21)16(22)9-12/h3-9,14,18H,10H2,1-2H3,(H,23,26)/t14-,18+/m1/s1. The van der Waals surface area contributed by atoms with Crippen LogP contribution in [-0.2, 0) is 19.1 Å². The summed E-state index contributed by atoms with van der Waals surface area (Å²) in [7, 11) is 2.19. The highest BCUT2D eigenvalue weighted by Gasteiger charge is 2.34. The van der Waals surface area contributed by atoms with Crippen LogP contribution in [0.15, 0.2) is 42.5 Å². The minimum Gasteiger partial charge on any atom is -0.469 e. The van der Waals surface area contributed by atoms with Gasteiger partial charge in [0.2, 0.25) is 0 Å². The number of nitrogens with zero attached hydrogens (tertiary/aromatic N) is 1. The van der Waals surface area contributed by atoms with Gasteiger partial charge in [0, 0.05) is 23.6 Å². The Morgan fingerprint density at radius 1 is 1.03 bits per heavy atom. The lowest BCUT2D eigenvalue weighted by molar-refractivity contribution is -0.384. The van der Waals surface area contributed by atoms with E-state index in [1.807, 2.05) is 0 Å². The van der Waals surface area contributed by atoms with Gasteiger partial charge >= 0.3 is 11.9 Å². The molecule has 0 radical (unpaired) electrons. The van der Waals surface area contributed by atoms with Gasteiger partial charge in [-0.25, -0.2) is 13.6 Å². The summed E-state index contributed by atoms with van der Waals surface area (Å²) in [5.74, 6) is -6.03. The minimum absolute atomic E-state index is 0.221. The van der Waals surface area contributed by atoms with E-state index in [0.717, 1.165) is 26.4 Å². The molecular formula is C20H18F2N2O7. The number of carbonyl (C=O) groups excluding carboxylic acids is 3. The molecule has 2 aromatic rings. The van der Waals surface area contributed by atoms with Crippen LogP contribution in [0.4, 0.5) is 14.5 Å². The van der Waals surface area contributed by atoms with Gasteiger partial charge in [-0.3, -0.25) is 19.7 Å². The number of ether oxygens (including phenoxy) is 2. The summed E-state index contributed by atoms with van der Waals surface area (Å²) in [6.07, 6.45) is -0.383. The van der Waals surface area contributed by atoms with Crippen molar-refractivity contribution in [1.82, 2.24) is 5.32 Å². The number of rotatable bonds is 8. The van der Waals surface area contributed by atoms with Gasteiger partial charge in [0.15, 0.2) is 11.6 Å². The third-order valence-corrected chi connectivity index (χ3v) is 4.47. The number of hydrogen-bond donors (Lipinski definition) is 1. The number of halogens is 2. The fourth-order valence-corrected chi connectivity index (χ4v) is 2.85.